The van der Waals surface area contributed by atoms with Crippen LogP contribution in [-0.4, -0.2) is 6.04 Å². The molecule has 0 aliphatic heterocycles. The number of hydrazine groups is 1. The van der Waals surface area contributed by atoms with Crippen molar-refractivity contribution in [3.63, 3.8) is 0 Å². The van der Waals surface area contributed by atoms with E-state index in [1.165, 1.54) is 9.75 Å². The Morgan fingerprint density at radius 1 is 1.28 bits per heavy atom. The highest BCUT2D eigenvalue weighted by molar-refractivity contribution is 7.11. The molecule has 104 valence electrons. The van der Waals surface area contributed by atoms with E-state index in [4.69, 9.17) is 5.84 Å². The molecule has 0 amide bonds. The molecular formula is C15H28N2S. The fraction of sp³-hybridized carbons (Fsp3) is 0.733. The molecule has 0 aliphatic rings. The van der Waals surface area contributed by atoms with Crippen molar-refractivity contribution in [3.8, 4) is 0 Å². The van der Waals surface area contributed by atoms with E-state index in [0.717, 1.165) is 19.3 Å². The molecule has 2 unspecified atom stereocenters. The number of nitrogens with one attached hydrogen (secondary N) is 1. The third kappa shape index (κ3) is 4.71. The molecule has 3 N–H and O–H groups in total. The summed E-state index contributed by atoms with van der Waals surface area (Å²) in [6.07, 6.45) is 3.30. The Bertz CT molecular complexity index is 352. The first-order valence-electron chi connectivity index (χ1n) is 6.90. The van der Waals surface area contributed by atoms with Gasteiger partial charge in [-0.1, -0.05) is 34.6 Å². The summed E-state index contributed by atoms with van der Waals surface area (Å²) in [5, 5.41) is 0. The molecule has 1 aromatic rings. The number of rotatable bonds is 6. The second-order valence-corrected chi connectivity index (χ2v) is 7.54. The Labute approximate surface area is 116 Å². The Hall–Kier alpha value is -0.380. The molecule has 1 aromatic heterocycles. The SMILES string of the molecule is CCc1ccc(CC(CC(C)C(C)(C)C)NN)s1. The first-order chi connectivity index (χ1) is 8.36. The standard InChI is InChI=1S/C15H28N2S/c1-6-13-7-8-14(18-13)10-12(17-16)9-11(2)15(3,4)5/h7-8,11-12,17H,6,9-10,16H2,1-5H3. The zero-order valence-electron chi connectivity index (χ0n) is 12.4. The molecule has 3 heteroatoms. The van der Waals surface area contributed by atoms with E-state index in [2.05, 4.69) is 52.2 Å². The summed E-state index contributed by atoms with van der Waals surface area (Å²) < 4.78 is 0. The van der Waals surface area contributed by atoms with Gasteiger partial charge < -0.3 is 0 Å². The molecule has 0 radical (unpaired) electrons. The van der Waals surface area contributed by atoms with Crippen molar-refractivity contribution < 1.29 is 0 Å². The van der Waals surface area contributed by atoms with Crippen LogP contribution in [-0.2, 0) is 12.8 Å². The predicted molar refractivity (Wildman–Crippen MR) is 81.7 cm³/mol. The quantitative estimate of drug-likeness (QED) is 0.609. The van der Waals surface area contributed by atoms with Crippen molar-refractivity contribution in [1.29, 1.82) is 0 Å². The van der Waals surface area contributed by atoms with Gasteiger partial charge in [0.15, 0.2) is 0 Å². The second kappa shape index (κ2) is 6.69. The Morgan fingerprint density at radius 3 is 2.33 bits per heavy atom. The van der Waals surface area contributed by atoms with E-state index in [1.54, 1.807) is 0 Å². The minimum Gasteiger partial charge on any atom is -0.271 e. The van der Waals surface area contributed by atoms with Gasteiger partial charge in [0.1, 0.15) is 0 Å². The minimum atomic E-state index is 0.346. The zero-order valence-corrected chi connectivity index (χ0v) is 13.2. The Kier molecular flexibility index (Phi) is 5.83. The molecule has 0 bridgehead atoms. The number of hydrogen-bond acceptors (Lipinski definition) is 3. The van der Waals surface area contributed by atoms with Gasteiger partial charge in [-0.15, -0.1) is 11.3 Å². The maximum atomic E-state index is 5.71. The van der Waals surface area contributed by atoms with Crippen LogP contribution in [0.5, 0.6) is 0 Å². The normalized spacial score (nSPS) is 15.7. The third-order valence-electron chi connectivity index (χ3n) is 3.87. The fourth-order valence-electron chi connectivity index (χ4n) is 1.96. The fourth-order valence-corrected chi connectivity index (χ4v) is 2.99. The number of aryl methyl sites for hydroxylation is 1. The lowest BCUT2D eigenvalue weighted by Gasteiger charge is -2.30. The van der Waals surface area contributed by atoms with Gasteiger partial charge in [0.05, 0.1) is 0 Å². The van der Waals surface area contributed by atoms with Gasteiger partial charge in [-0.05, 0) is 42.7 Å². The molecule has 0 spiro atoms. The zero-order chi connectivity index (χ0) is 13.8. The average molecular weight is 268 g/mol. The predicted octanol–water partition coefficient (Wildman–Crippen LogP) is 3.76. The summed E-state index contributed by atoms with van der Waals surface area (Å²) in [6.45, 7) is 11.4. The lowest BCUT2D eigenvalue weighted by molar-refractivity contribution is 0.222. The molecule has 0 fully saturated rings. The van der Waals surface area contributed by atoms with Gasteiger partial charge in [-0.25, -0.2) is 0 Å². The van der Waals surface area contributed by atoms with Crippen LogP contribution in [0.25, 0.3) is 0 Å². The van der Waals surface area contributed by atoms with E-state index < -0.39 is 0 Å². The van der Waals surface area contributed by atoms with Gasteiger partial charge in [0.25, 0.3) is 0 Å². The van der Waals surface area contributed by atoms with Crippen molar-refractivity contribution in [2.75, 3.05) is 0 Å². The van der Waals surface area contributed by atoms with E-state index >= 15 is 0 Å². The van der Waals surface area contributed by atoms with Crippen LogP contribution in [0.2, 0.25) is 0 Å². The lowest BCUT2D eigenvalue weighted by Crippen LogP contribution is -2.39. The van der Waals surface area contributed by atoms with E-state index in [0.29, 0.717) is 17.4 Å². The summed E-state index contributed by atoms with van der Waals surface area (Å²) in [5.74, 6) is 6.36. The van der Waals surface area contributed by atoms with Crippen LogP contribution in [0.4, 0.5) is 0 Å². The van der Waals surface area contributed by atoms with Crippen LogP contribution >= 0.6 is 11.3 Å². The summed E-state index contributed by atoms with van der Waals surface area (Å²) in [5.41, 5.74) is 3.33. The van der Waals surface area contributed by atoms with Crippen molar-refractivity contribution in [1.82, 2.24) is 5.43 Å². The minimum absolute atomic E-state index is 0.346. The molecule has 18 heavy (non-hydrogen) atoms. The maximum absolute atomic E-state index is 5.71. The summed E-state index contributed by atoms with van der Waals surface area (Å²) in [7, 11) is 0. The van der Waals surface area contributed by atoms with Crippen LogP contribution in [0, 0.1) is 11.3 Å². The topological polar surface area (TPSA) is 38.0 Å². The Balaban J connectivity index is 2.56. The first-order valence-corrected chi connectivity index (χ1v) is 7.72. The van der Waals surface area contributed by atoms with Crippen LogP contribution in [0.1, 0.15) is 50.8 Å². The number of thiophene rings is 1. The highest BCUT2D eigenvalue weighted by Crippen LogP contribution is 2.30. The van der Waals surface area contributed by atoms with Crippen molar-refractivity contribution in [2.45, 2.75) is 59.9 Å². The van der Waals surface area contributed by atoms with Gasteiger partial charge in [0, 0.05) is 15.8 Å². The highest BCUT2D eigenvalue weighted by Gasteiger charge is 2.23. The molecule has 2 atom stereocenters. The molecule has 0 saturated heterocycles. The van der Waals surface area contributed by atoms with E-state index in [-0.39, 0.29) is 0 Å². The van der Waals surface area contributed by atoms with Crippen molar-refractivity contribution in [2.24, 2.45) is 17.2 Å². The van der Waals surface area contributed by atoms with E-state index in [9.17, 15) is 0 Å². The van der Waals surface area contributed by atoms with E-state index in [1.807, 2.05) is 11.3 Å². The summed E-state index contributed by atoms with van der Waals surface area (Å²) in [6, 6.07) is 4.86. The third-order valence-corrected chi connectivity index (χ3v) is 5.12. The maximum Gasteiger partial charge on any atom is 0.0261 e. The van der Waals surface area contributed by atoms with Gasteiger partial charge >= 0.3 is 0 Å². The number of hydrogen-bond donors (Lipinski definition) is 2. The largest absolute Gasteiger partial charge is 0.271 e. The molecule has 1 rings (SSSR count). The highest BCUT2D eigenvalue weighted by atomic mass is 32.1. The lowest BCUT2D eigenvalue weighted by atomic mass is 9.78. The first kappa shape index (κ1) is 15.7. The molecular weight excluding hydrogens is 240 g/mol. The van der Waals surface area contributed by atoms with Gasteiger partial charge in [-0.3, -0.25) is 11.3 Å². The monoisotopic (exact) mass is 268 g/mol. The molecule has 0 saturated carbocycles. The van der Waals surface area contributed by atoms with Gasteiger partial charge in [0.2, 0.25) is 0 Å². The summed E-state index contributed by atoms with van der Waals surface area (Å²) >= 11 is 1.92. The average Bonchev–Trinajstić information content (AvgIpc) is 2.74. The summed E-state index contributed by atoms with van der Waals surface area (Å²) in [4.78, 5) is 2.90. The van der Waals surface area contributed by atoms with Crippen molar-refractivity contribution >= 4 is 11.3 Å². The smallest absolute Gasteiger partial charge is 0.0261 e. The van der Waals surface area contributed by atoms with Crippen LogP contribution in [0.3, 0.4) is 0 Å². The van der Waals surface area contributed by atoms with Gasteiger partial charge in [-0.2, -0.15) is 0 Å². The molecule has 2 nitrogen and oxygen atoms in total. The van der Waals surface area contributed by atoms with Crippen LogP contribution < -0.4 is 11.3 Å². The molecule has 0 aliphatic carbocycles. The second-order valence-electron chi connectivity index (χ2n) is 6.29. The van der Waals surface area contributed by atoms with Crippen LogP contribution in [0.15, 0.2) is 12.1 Å². The van der Waals surface area contributed by atoms with Crippen molar-refractivity contribution in [3.05, 3.63) is 21.9 Å². The Morgan fingerprint density at radius 2 is 1.89 bits per heavy atom. The molecule has 0 aromatic carbocycles. The molecule has 1 heterocycles. The number of nitrogens with two attached hydrogens (primary N) is 1.